The zero-order chi connectivity index (χ0) is 15.1. The molecule has 0 saturated carbocycles. The predicted molar refractivity (Wildman–Crippen MR) is 61.5 cm³/mol. The number of hydrogen-bond donors (Lipinski definition) is 1. The van der Waals surface area contributed by atoms with E-state index in [1.165, 1.54) is 6.92 Å². The van der Waals surface area contributed by atoms with Crippen molar-refractivity contribution in [3.8, 4) is 0 Å². The molecule has 0 aliphatic rings. The van der Waals surface area contributed by atoms with Crippen molar-refractivity contribution in [2.75, 3.05) is 25.9 Å². The minimum atomic E-state index is -4.59. The van der Waals surface area contributed by atoms with Crippen LogP contribution in [0.4, 0.5) is 13.2 Å². The molecule has 0 aliphatic heterocycles. The molecule has 10 heteroatoms. The van der Waals surface area contributed by atoms with Gasteiger partial charge in [0.05, 0.1) is 6.61 Å². The SMILES string of the molecule is CCOC(=O)C(C)N(OCC(F)(F)F)[P+](=O)CCN. The van der Waals surface area contributed by atoms with Crippen molar-refractivity contribution in [2.24, 2.45) is 5.73 Å². The summed E-state index contributed by atoms with van der Waals surface area (Å²) in [5.74, 6) is -0.815. The lowest BCUT2D eigenvalue weighted by Gasteiger charge is -2.17. The van der Waals surface area contributed by atoms with Gasteiger partial charge in [0.1, 0.15) is 0 Å². The summed E-state index contributed by atoms with van der Waals surface area (Å²) < 4.78 is 52.6. The van der Waals surface area contributed by atoms with Gasteiger partial charge in [-0.1, -0.05) is 0 Å². The third-order valence-electron chi connectivity index (χ3n) is 1.86. The van der Waals surface area contributed by atoms with Crippen LogP contribution in [-0.2, 0) is 18.9 Å². The van der Waals surface area contributed by atoms with E-state index in [1.54, 1.807) is 6.92 Å². The van der Waals surface area contributed by atoms with Gasteiger partial charge in [-0.2, -0.15) is 13.2 Å². The van der Waals surface area contributed by atoms with E-state index in [0.717, 1.165) is 0 Å². The van der Waals surface area contributed by atoms with Gasteiger partial charge >= 0.3 is 20.1 Å². The zero-order valence-electron chi connectivity index (χ0n) is 10.6. The van der Waals surface area contributed by atoms with E-state index in [0.29, 0.717) is 4.83 Å². The number of alkyl halides is 3. The Morgan fingerprint density at radius 1 is 1.47 bits per heavy atom. The average molecular weight is 305 g/mol. The molecule has 0 bridgehead atoms. The first-order chi connectivity index (χ1) is 8.72. The molecule has 0 radical (unpaired) electrons. The van der Waals surface area contributed by atoms with Gasteiger partial charge in [-0.05, 0) is 18.4 Å². The smallest absolute Gasteiger partial charge is 0.462 e. The van der Waals surface area contributed by atoms with Crippen LogP contribution in [0.2, 0.25) is 0 Å². The van der Waals surface area contributed by atoms with E-state index in [9.17, 15) is 22.5 Å². The second-order valence-electron chi connectivity index (χ2n) is 3.48. The highest BCUT2D eigenvalue weighted by molar-refractivity contribution is 7.41. The fourth-order valence-corrected chi connectivity index (χ4v) is 2.16. The lowest BCUT2D eigenvalue weighted by molar-refractivity contribution is -0.232. The second-order valence-corrected chi connectivity index (χ2v) is 5.03. The fourth-order valence-electron chi connectivity index (χ4n) is 1.07. The summed E-state index contributed by atoms with van der Waals surface area (Å²) in [5.41, 5.74) is 5.18. The molecule has 0 aliphatic carbocycles. The Balaban J connectivity index is 4.75. The molecule has 0 spiro atoms. The first-order valence-electron chi connectivity index (χ1n) is 5.53. The van der Waals surface area contributed by atoms with E-state index in [-0.39, 0.29) is 19.3 Å². The van der Waals surface area contributed by atoms with Gasteiger partial charge in [-0.15, -0.1) is 0 Å². The molecule has 0 heterocycles. The molecular formula is C9H17F3N2O4P+. The normalized spacial score (nSPS) is 14.4. The standard InChI is InChI=1S/C9H17F3N2O4P/c1-3-17-8(15)7(2)14(19(16)5-4-13)18-6-9(10,11)12/h7H,3-6,13H2,1-2H3/q+1. The van der Waals surface area contributed by atoms with Gasteiger partial charge in [0.15, 0.2) is 18.8 Å². The maximum absolute atomic E-state index is 12.1. The molecule has 0 aromatic carbocycles. The molecule has 0 amide bonds. The Labute approximate surface area is 109 Å². The zero-order valence-corrected chi connectivity index (χ0v) is 11.5. The molecule has 0 fully saturated rings. The molecule has 0 saturated heterocycles. The summed E-state index contributed by atoms with van der Waals surface area (Å²) in [4.78, 5) is 16.4. The number of hydroxylamine groups is 1. The molecule has 2 atom stereocenters. The van der Waals surface area contributed by atoms with Gasteiger partial charge < -0.3 is 10.5 Å². The molecule has 19 heavy (non-hydrogen) atoms. The second kappa shape index (κ2) is 8.42. The Bertz CT molecular complexity index is 314. The largest absolute Gasteiger partial charge is 0.465 e. The fraction of sp³-hybridized carbons (Fsp3) is 0.889. The number of nitrogens with two attached hydrogens (primary N) is 1. The summed E-state index contributed by atoms with van der Waals surface area (Å²) >= 11 is 0. The molecule has 2 N–H and O–H groups in total. The molecule has 2 unspecified atom stereocenters. The Morgan fingerprint density at radius 2 is 2.05 bits per heavy atom. The minimum absolute atomic E-state index is 0.00335. The van der Waals surface area contributed by atoms with Crippen LogP contribution in [0.1, 0.15) is 13.8 Å². The summed E-state index contributed by atoms with van der Waals surface area (Å²) in [7, 11) is -2.34. The van der Waals surface area contributed by atoms with Crippen LogP contribution in [0.15, 0.2) is 0 Å². The summed E-state index contributed by atoms with van der Waals surface area (Å²) in [5, 5.41) is 0. The number of rotatable bonds is 8. The van der Waals surface area contributed by atoms with Crippen molar-refractivity contribution in [2.45, 2.75) is 26.1 Å². The molecular weight excluding hydrogens is 288 g/mol. The van der Waals surface area contributed by atoms with Gasteiger partial charge in [0, 0.05) is 11.4 Å². The maximum Gasteiger partial charge on any atom is 0.462 e. The van der Waals surface area contributed by atoms with E-state index in [4.69, 9.17) is 5.73 Å². The first-order valence-corrected chi connectivity index (χ1v) is 6.92. The Kier molecular flexibility index (Phi) is 8.08. The minimum Gasteiger partial charge on any atom is -0.465 e. The van der Waals surface area contributed by atoms with Gasteiger partial charge in [0.2, 0.25) is 0 Å². The molecule has 0 aromatic heterocycles. The highest BCUT2D eigenvalue weighted by atomic mass is 31.1. The summed E-state index contributed by atoms with van der Waals surface area (Å²) in [6, 6.07) is -1.21. The predicted octanol–water partition coefficient (Wildman–Crippen LogP) is 1.44. The number of carbonyl (C=O) groups is 1. The molecule has 0 aromatic rings. The van der Waals surface area contributed by atoms with Gasteiger partial charge in [-0.3, -0.25) is 4.79 Å². The van der Waals surface area contributed by atoms with Crippen molar-refractivity contribution < 1.29 is 32.1 Å². The van der Waals surface area contributed by atoms with E-state index in [2.05, 4.69) is 9.57 Å². The third kappa shape index (κ3) is 7.41. The number of hydrogen-bond acceptors (Lipinski definition) is 5. The number of carbonyl (C=O) groups excluding carboxylic acids is 1. The lowest BCUT2D eigenvalue weighted by Crippen LogP contribution is -2.38. The number of nitrogens with zero attached hydrogens (tertiary/aromatic N) is 1. The van der Waals surface area contributed by atoms with Crippen LogP contribution < -0.4 is 5.73 Å². The van der Waals surface area contributed by atoms with Crippen molar-refractivity contribution in [3.63, 3.8) is 0 Å². The third-order valence-corrected chi connectivity index (χ3v) is 3.40. The summed E-state index contributed by atoms with van der Waals surface area (Å²) in [6.45, 7) is 1.21. The quantitative estimate of drug-likeness (QED) is 0.415. The van der Waals surface area contributed by atoms with Crippen LogP contribution in [0.25, 0.3) is 0 Å². The molecule has 112 valence electrons. The van der Waals surface area contributed by atoms with Crippen LogP contribution in [0, 0.1) is 0 Å². The van der Waals surface area contributed by atoms with Crippen molar-refractivity contribution in [1.29, 1.82) is 0 Å². The average Bonchev–Trinajstić information content (AvgIpc) is 2.28. The molecule has 0 rings (SSSR count). The van der Waals surface area contributed by atoms with Crippen molar-refractivity contribution in [3.05, 3.63) is 0 Å². The highest BCUT2D eigenvalue weighted by Gasteiger charge is 2.41. The lowest BCUT2D eigenvalue weighted by atomic mass is 10.4. The number of esters is 1. The molecule has 6 nitrogen and oxygen atoms in total. The number of halogens is 3. The van der Waals surface area contributed by atoms with E-state index < -0.39 is 32.7 Å². The highest BCUT2D eigenvalue weighted by Crippen LogP contribution is 2.31. The van der Waals surface area contributed by atoms with Gasteiger partial charge in [-0.25, -0.2) is 4.84 Å². The number of ether oxygens (including phenoxy) is 1. The van der Waals surface area contributed by atoms with E-state index in [1.807, 2.05) is 0 Å². The van der Waals surface area contributed by atoms with E-state index >= 15 is 0 Å². The monoisotopic (exact) mass is 305 g/mol. The van der Waals surface area contributed by atoms with Crippen LogP contribution in [0.5, 0.6) is 0 Å². The van der Waals surface area contributed by atoms with Crippen molar-refractivity contribution in [1.82, 2.24) is 4.83 Å². The Morgan fingerprint density at radius 3 is 2.47 bits per heavy atom. The van der Waals surface area contributed by atoms with Crippen LogP contribution in [0.3, 0.4) is 0 Å². The topological polar surface area (TPSA) is 81.9 Å². The first kappa shape index (κ1) is 18.2. The van der Waals surface area contributed by atoms with Crippen LogP contribution >= 0.6 is 7.95 Å². The maximum atomic E-state index is 12.1. The Hall–Kier alpha value is -0.760. The van der Waals surface area contributed by atoms with Crippen LogP contribution in [-0.4, -0.2) is 48.9 Å². The van der Waals surface area contributed by atoms with Gasteiger partial charge in [0.25, 0.3) is 0 Å². The van der Waals surface area contributed by atoms with Crippen molar-refractivity contribution >= 4 is 13.9 Å². The summed E-state index contributed by atoms with van der Waals surface area (Å²) in [6.07, 6.45) is -4.68.